The highest BCUT2D eigenvalue weighted by molar-refractivity contribution is 5.81. The van der Waals surface area contributed by atoms with Crippen molar-refractivity contribution < 1.29 is 23.1 Å². The van der Waals surface area contributed by atoms with E-state index in [1.54, 1.807) is 12.1 Å². The fourth-order valence-electron chi connectivity index (χ4n) is 3.83. The first kappa shape index (κ1) is 22.7. The Labute approximate surface area is 181 Å². The summed E-state index contributed by atoms with van der Waals surface area (Å²) >= 11 is 0. The first-order valence-corrected chi connectivity index (χ1v) is 10.5. The lowest BCUT2D eigenvalue weighted by Crippen LogP contribution is -2.45. The van der Waals surface area contributed by atoms with Crippen molar-refractivity contribution in [3.8, 4) is 5.75 Å². The Morgan fingerprint density at radius 2 is 1.55 bits per heavy atom. The van der Waals surface area contributed by atoms with Gasteiger partial charge in [-0.05, 0) is 36.1 Å². The van der Waals surface area contributed by atoms with Gasteiger partial charge in [0.2, 0.25) is 11.8 Å². The predicted octanol–water partition coefficient (Wildman–Crippen LogP) is 4.39. The molecular weight excluding hydrogens is 402 g/mol. The lowest BCUT2D eigenvalue weighted by Gasteiger charge is -2.33. The fourth-order valence-corrected chi connectivity index (χ4v) is 3.83. The van der Waals surface area contributed by atoms with Gasteiger partial charge in [-0.15, -0.1) is 0 Å². The second kappa shape index (κ2) is 10.4. The van der Waals surface area contributed by atoms with Crippen molar-refractivity contribution in [2.45, 2.75) is 39.3 Å². The second-order valence-corrected chi connectivity index (χ2v) is 8.05. The van der Waals surface area contributed by atoms with Crippen LogP contribution in [0.4, 0.5) is 8.78 Å². The average Bonchev–Trinajstić information content (AvgIpc) is 2.77. The molecule has 0 aromatic heterocycles. The predicted molar refractivity (Wildman–Crippen MR) is 114 cm³/mol. The molecule has 7 heteroatoms. The number of carbonyl (C=O) groups is 2. The third-order valence-electron chi connectivity index (χ3n) is 5.53. The van der Waals surface area contributed by atoms with Gasteiger partial charge >= 0.3 is 6.61 Å². The smallest absolute Gasteiger partial charge is 0.387 e. The highest BCUT2D eigenvalue weighted by atomic mass is 19.3. The molecule has 1 aliphatic heterocycles. The van der Waals surface area contributed by atoms with Crippen molar-refractivity contribution >= 4 is 11.8 Å². The zero-order chi connectivity index (χ0) is 22.4. The summed E-state index contributed by atoms with van der Waals surface area (Å²) in [7, 11) is 0. The molecular formula is C24H28F2N2O3. The van der Waals surface area contributed by atoms with E-state index in [-0.39, 0.29) is 29.4 Å². The largest absolute Gasteiger partial charge is 0.435 e. The number of benzene rings is 2. The zero-order valence-corrected chi connectivity index (χ0v) is 17.8. The summed E-state index contributed by atoms with van der Waals surface area (Å²) in [6.07, 6.45) is 1.24. The van der Waals surface area contributed by atoms with Crippen LogP contribution in [-0.4, -0.2) is 36.4 Å². The molecule has 1 saturated heterocycles. The van der Waals surface area contributed by atoms with Crippen LogP contribution in [0.25, 0.3) is 0 Å². The van der Waals surface area contributed by atoms with Gasteiger partial charge in [0.05, 0.1) is 6.04 Å². The van der Waals surface area contributed by atoms with Crippen LogP contribution in [0.2, 0.25) is 0 Å². The van der Waals surface area contributed by atoms with Gasteiger partial charge in [-0.2, -0.15) is 8.78 Å². The lowest BCUT2D eigenvalue weighted by molar-refractivity contribution is -0.138. The van der Waals surface area contributed by atoms with Gasteiger partial charge in [-0.1, -0.05) is 56.3 Å². The van der Waals surface area contributed by atoms with Crippen LogP contribution in [0.5, 0.6) is 5.75 Å². The Balaban J connectivity index is 1.71. The quantitative estimate of drug-likeness (QED) is 0.709. The number of amides is 2. The molecule has 0 radical (unpaired) electrons. The molecule has 0 saturated carbocycles. The number of halogens is 2. The molecule has 31 heavy (non-hydrogen) atoms. The second-order valence-electron chi connectivity index (χ2n) is 8.05. The van der Waals surface area contributed by atoms with Crippen molar-refractivity contribution in [3.05, 3.63) is 65.7 Å². The SMILES string of the molecule is CC(C)C(=O)N1CCC(C(=O)N[C@@H](c2ccccc2)c2ccc(OC(F)F)cc2)CC1. The van der Waals surface area contributed by atoms with Crippen LogP contribution < -0.4 is 10.1 Å². The Morgan fingerprint density at radius 3 is 2.10 bits per heavy atom. The summed E-state index contributed by atoms with van der Waals surface area (Å²) in [6.45, 7) is 2.02. The maximum atomic E-state index is 13.0. The number of likely N-dealkylation sites (tertiary alicyclic amines) is 1. The average molecular weight is 430 g/mol. The standard InChI is InChI=1S/C24H28F2N2O3/c1-16(2)23(30)28-14-12-19(13-15-28)22(29)27-21(17-6-4-3-5-7-17)18-8-10-20(11-9-18)31-24(25)26/h3-11,16,19,21,24H,12-15H2,1-2H3,(H,27,29)/t21-/m0/s1. The maximum Gasteiger partial charge on any atom is 0.387 e. The Morgan fingerprint density at radius 1 is 0.968 bits per heavy atom. The van der Waals surface area contributed by atoms with Crippen LogP contribution in [-0.2, 0) is 9.59 Å². The summed E-state index contributed by atoms with van der Waals surface area (Å²) in [5.41, 5.74) is 1.67. The van der Waals surface area contributed by atoms with E-state index in [2.05, 4.69) is 10.1 Å². The van der Waals surface area contributed by atoms with Crippen molar-refractivity contribution in [2.24, 2.45) is 11.8 Å². The van der Waals surface area contributed by atoms with Gasteiger partial charge in [0.1, 0.15) is 5.75 Å². The van der Waals surface area contributed by atoms with E-state index in [1.807, 2.05) is 49.1 Å². The van der Waals surface area contributed by atoms with Gasteiger partial charge in [0.15, 0.2) is 0 Å². The molecule has 2 aromatic carbocycles. The van der Waals surface area contributed by atoms with Gasteiger partial charge in [0.25, 0.3) is 0 Å². The van der Waals surface area contributed by atoms with E-state index in [9.17, 15) is 18.4 Å². The molecule has 1 aliphatic rings. The number of nitrogens with one attached hydrogen (secondary N) is 1. The van der Waals surface area contributed by atoms with Crippen LogP contribution >= 0.6 is 0 Å². The van der Waals surface area contributed by atoms with Gasteiger partial charge in [-0.3, -0.25) is 9.59 Å². The fraction of sp³-hybridized carbons (Fsp3) is 0.417. The minimum Gasteiger partial charge on any atom is -0.435 e. The number of alkyl halides is 2. The molecule has 5 nitrogen and oxygen atoms in total. The molecule has 2 amide bonds. The van der Waals surface area contributed by atoms with Gasteiger partial charge in [0, 0.05) is 24.9 Å². The van der Waals surface area contributed by atoms with Crippen molar-refractivity contribution in [1.29, 1.82) is 0 Å². The Kier molecular flexibility index (Phi) is 7.60. The molecule has 1 fully saturated rings. The molecule has 166 valence electrons. The summed E-state index contributed by atoms with van der Waals surface area (Å²) in [5.74, 6) is -0.113. The molecule has 1 N–H and O–H groups in total. The number of carbonyl (C=O) groups excluding carboxylic acids is 2. The number of piperidine rings is 1. The number of hydrogen-bond donors (Lipinski definition) is 1. The van der Waals surface area contributed by atoms with Crippen LogP contribution in [0.15, 0.2) is 54.6 Å². The number of rotatable bonds is 7. The van der Waals surface area contributed by atoms with E-state index in [4.69, 9.17) is 0 Å². The van der Waals surface area contributed by atoms with Crippen LogP contribution in [0.3, 0.4) is 0 Å². The van der Waals surface area contributed by atoms with Gasteiger partial charge in [-0.25, -0.2) is 0 Å². The number of hydrogen-bond acceptors (Lipinski definition) is 3. The van der Waals surface area contributed by atoms with E-state index in [0.717, 1.165) is 11.1 Å². The topological polar surface area (TPSA) is 58.6 Å². The molecule has 0 spiro atoms. The van der Waals surface area contributed by atoms with Gasteiger partial charge < -0.3 is 15.0 Å². The molecule has 1 heterocycles. The molecule has 3 rings (SSSR count). The normalized spacial score (nSPS) is 15.7. The summed E-state index contributed by atoms with van der Waals surface area (Å²) in [6, 6.07) is 15.4. The number of ether oxygens (including phenoxy) is 1. The molecule has 1 atom stereocenters. The highest BCUT2D eigenvalue weighted by Crippen LogP contribution is 2.27. The van der Waals surface area contributed by atoms with E-state index in [0.29, 0.717) is 25.9 Å². The first-order valence-electron chi connectivity index (χ1n) is 10.5. The zero-order valence-electron chi connectivity index (χ0n) is 17.8. The third kappa shape index (κ3) is 6.03. The summed E-state index contributed by atoms with van der Waals surface area (Å²) in [5, 5.41) is 3.12. The third-order valence-corrected chi connectivity index (χ3v) is 5.53. The van der Waals surface area contributed by atoms with Crippen LogP contribution in [0, 0.1) is 11.8 Å². The Hall–Kier alpha value is -2.96. The summed E-state index contributed by atoms with van der Waals surface area (Å²) in [4.78, 5) is 27.0. The maximum absolute atomic E-state index is 13.0. The monoisotopic (exact) mass is 430 g/mol. The minimum atomic E-state index is -2.89. The van der Waals surface area contributed by atoms with Crippen molar-refractivity contribution in [2.75, 3.05) is 13.1 Å². The number of nitrogens with zero attached hydrogens (tertiary/aromatic N) is 1. The Bertz CT molecular complexity index is 864. The van der Waals surface area contributed by atoms with Crippen molar-refractivity contribution in [3.63, 3.8) is 0 Å². The van der Waals surface area contributed by atoms with E-state index in [1.165, 1.54) is 12.1 Å². The lowest BCUT2D eigenvalue weighted by atomic mass is 9.93. The van der Waals surface area contributed by atoms with Crippen molar-refractivity contribution in [1.82, 2.24) is 10.2 Å². The first-order chi connectivity index (χ1) is 14.8. The van der Waals surface area contributed by atoms with E-state index >= 15 is 0 Å². The molecule has 0 aliphatic carbocycles. The minimum absolute atomic E-state index is 0.0511. The molecule has 0 bridgehead atoms. The molecule has 2 aromatic rings. The van der Waals surface area contributed by atoms with E-state index < -0.39 is 12.7 Å². The summed E-state index contributed by atoms with van der Waals surface area (Å²) < 4.78 is 29.3. The highest BCUT2D eigenvalue weighted by Gasteiger charge is 2.29. The molecule has 0 unspecified atom stereocenters. The van der Waals surface area contributed by atoms with Crippen LogP contribution in [0.1, 0.15) is 43.9 Å².